The third-order valence-corrected chi connectivity index (χ3v) is 7.77. The van der Waals surface area contributed by atoms with Crippen molar-refractivity contribution in [1.29, 1.82) is 0 Å². The maximum Gasteiger partial charge on any atom is 0.406 e. The van der Waals surface area contributed by atoms with E-state index in [2.05, 4.69) is 15.6 Å². The molecule has 2 heterocycles. The highest BCUT2D eigenvalue weighted by molar-refractivity contribution is 5.84. The Balaban J connectivity index is 1.71. The zero-order chi connectivity index (χ0) is 28.5. The second kappa shape index (κ2) is 13.7. The average molecular weight is 551 g/mol. The average Bonchev–Trinajstić information content (AvgIpc) is 2.98. The lowest BCUT2D eigenvalue weighted by molar-refractivity contribution is -0.137. The molecule has 1 aliphatic rings. The first-order valence-electron chi connectivity index (χ1n) is 14.0. The summed E-state index contributed by atoms with van der Waals surface area (Å²) < 4.78 is 20.9. The van der Waals surface area contributed by atoms with Crippen molar-refractivity contribution in [2.75, 3.05) is 40.3 Å². The fraction of sp³-hybridized carbons (Fsp3) is 0.452. The molecule has 4 rings (SSSR count). The highest BCUT2D eigenvalue weighted by Crippen LogP contribution is 2.44. The lowest BCUT2D eigenvalue weighted by Crippen LogP contribution is -2.48. The SMILES string of the molecule is CNCCCC(=O)N1CCC[C@@H]([C@@](O)(CCCOC(=O)NC)c2cccc(F)c2-c2cnc3ccccc3c2)C1. The summed E-state index contributed by atoms with van der Waals surface area (Å²) in [5.41, 5.74) is 0.652. The van der Waals surface area contributed by atoms with Gasteiger partial charge in [0.25, 0.3) is 0 Å². The molecular formula is C31H39FN4O4. The largest absolute Gasteiger partial charge is 0.450 e. The smallest absolute Gasteiger partial charge is 0.406 e. The van der Waals surface area contributed by atoms with Gasteiger partial charge in [-0.15, -0.1) is 0 Å². The molecule has 0 saturated carbocycles. The summed E-state index contributed by atoms with van der Waals surface area (Å²) in [6.45, 7) is 1.86. The Morgan fingerprint density at radius 2 is 2.00 bits per heavy atom. The molecule has 1 aromatic heterocycles. The molecule has 2 aromatic carbocycles. The first-order valence-corrected chi connectivity index (χ1v) is 14.0. The molecule has 2 amide bonds. The van der Waals surface area contributed by atoms with E-state index in [1.165, 1.54) is 13.1 Å². The molecule has 40 heavy (non-hydrogen) atoms. The molecular weight excluding hydrogens is 511 g/mol. The number of carbonyl (C=O) groups excluding carboxylic acids is 2. The van der Waals surface area contributed by atoms with Crippen LogP contribution in [-0.4, -0.2) is 67.3 Å². The number of halogens is 1. The summed E-state index contributed by atoms with van der Waals surface area (Å²) in [6, 6.07) is 14.3. The van der Waals surface area contributed by atoms with E-state index in [4.69, 9.17) is 4.74 Å². The van der Waals surface area contributed by atoms with Crippen LogP contribution >= 0.6 is 0 Å². The Morgan fingerprint density at radius 1 is 1.18 bits per heavy atom. The number of aromatic nitrogens is 1. The second-order valence-electron chi connectivity index (χ2n) is 10.4. The van der Waals surface area contributed by atoms with Crippen molar-refractivity contribution in [1.82, 2.24) is 20.5 Å². The number of carbonyl (C=O) groups is 2. The summed E-state index contributed by atoms with van der Waals surface area (Å²) in [4.78, 5) is 31.0. The zero-order valence-corrected chi connectivity index (χ0v) is 23.3. The zero-order valence-electron chi connectivity index (χ0n) is 23.3. The first-order chi connectivity index (χ1) is 19.4. The normalized spacial score (nSPS) is 16.9. The molecule has 1 saturated heterocycles. The molecule has 1 aliphatic heterocycles. The first kappa shape index (κ1) is 29.4. The van der Waals surface area contributed by atoms with Gasteiger partial charge in [0.05, 0.1) is 17.7 Å². The van der Waals surface area contributed by atoms with Crippen LogP contribution in [0.1, 0.15) is 44.1 Å². The van der Waals surface area contributed by atoms with Crippen molar-refractivity contribution < 1.29 is 23.8 Å². The van der Waals surface area contributed by atoms with Crippen LogP contribution < -0.4 is 10.6 Å². The van der Waals surface area contributed by atoms with Crippen molar-refractivity contribution in [3.63, 3.8) is 0 Å². The minimum Gasteiger partial charge on any atom is -0.450 e. The number of alkyl carbamates (subject to hydrolysis) is 1. The highest BCUT2D eigenvalue weighted by Gasteiger charge is 2.43. The number of amides is 2. The topological polar surface area (TPSA) is 104 Å². The van der Waals surface area contributed by atoms with Crippen LogP contribution in [0.5, 0.6) is 0 Å². The maximum atomic E-state index is 15.7. The van der Waals surface area contributed by atoms with Crippen molar-refractivity contribution >= 4 is 22.9 Å². The third kappa shape index (κ3) is 6.77. The second-order valence-corrected chi connectivity index (χ2v) is 10.4. The number of fused-ring (bicyclic) bond motifs is 1. The lowest BCUT2D eigenvalue weighted by Gasteiger charge is -2.43. The van der Waals surface area contributed by atoms with E-state index in [-0.39, 0.29) is 24.9 Å². The van der Waals surface area contributed by atoms with Gasteiger partial charge < -0.3 is 25.4 Å². The summed E-state index contributed by atoms with van der Waals surface area (Å²) in [6.07, 6.45) is 4.27. The number of piperidine rings is 1. The number of para-hydroxylation sites is 1. The van der Waals surface area contributed by atoms with Gasteiger partial charge in [0.1, 0.15) is 5.82 Å². The van der Waals surface area contributed by atoms with Crippen LogP contribution in [0.4, 0.5) is 9.18 Å². The molecule has 214 valence electrons. The van der Waals surface area contributed by atoms with Crippen LogP contribution in [0.25, 0.3) is 22.0 Å². The van der Waals surface area contributed by atoms with E-state index < -0.39 is 17.5 Å². The number of aliphatic hydroxyl groups is 1. The monoisotopic (exact) mass is 550 g/mol. The van der Waals surface area contributed by atoms with Crippen molar-refractivity contribution in [3.05, 3.63) is 66.1 Å². The quantitative estimate of drug-likeness (QED) is 0.302. The van der Waals surface area contributed by atoms with Gasteiger partial charge in [0.15, 0.2) is 0 Å². The summed E-state index contributed by atoms with van der Waals surface area (Å²) >= 11 is 0. The molecule has 0 bridgehead atoms. The predicted octanol–water partition coefficient (Wildman–Crippen LogP) is 4.60. The fourth-order valence-corrected chi connectivity index (χ4v) is 5.69. The van der Waals surface area contributed by atoms with E-state index in [0.717, 1.165) is 30.3 Å². The molecule has 3 N–H and O–H groups in total. The number of hydrogen-bond acceptors (Lipinski definition) is 6. The summed E-state index contributed by atoms with van der Waals surface area (Å²) in [7, 11) is 3.34. The molecule has 0 spiro atoms. The molecule has 3 aromatic rings. The van der Waals surface area contributed by atoms with Crippen LogP contribution in [0.2, 0.25) is 0 Å². The number of hydrogen-bond donors (Lipinski definition) is 3. The molecule has 0 aliphatic carbocycles. The van der Waals surface area contributed by atoms with Crippen LogP contribution in [0.3, 0.4) is 0 Å². The fourth-order valence-electron chi connectivity index (χ4n) is 5.69. The van der Waals surface area contributed by atoms with E-state index >= 15 is 4.39 Å². The van der Waals surface area contributed by atoms with Gasteiger partial charge >= 0.3 is 6.09 Å². The Kier molecular flexibility index (Phi) is 10.1. The number of rotatable bonds is 11. The van der Waals surface area contributed by atoms with E-state index in [0.29, 0.717) is 49.0 Å². The summed E-state index contributed by atoms with van der Waals surface area (Å²) in [5, 5.41) is 18.9. The van der Waals surface area contributed by atoms with E-state index in [1.54, 1.807) is 18.3 Å². The Labute approximate surface area is 234 Å². The molecule has 8 nitrogen and oxygen atoms in total. The molecule has 0 unspecified atom stereocenters. The number of pyridine rings is 1. The van der Waals surface area contributed by atoms with E-state index in [1.807, 2.05) is 42.3 Å². The number of ether oxygens (including phenoxy) is 1. The van der Waals surface area contributed by atoms with Gasteiger partial charge in [-0.2, -0.15) is 0 Å². The van der Waals surface area contributed by atoms with Gasteiger partial charge in [-0.25, -0.2) is 9.18 Å². The van der Waals surface area contributed by atoms with Crippen LogP contribution in [0.15, 0.2) is 54.7 Å². The maximum absolute atomic E-state index is 15.7. The Bertz CT molecular complexity index is 1320. The highest BCUT2D eigenvalue weighted by atomic mass is 19.1. The minimum atomic E-state index is -1.47. The number of nitrogens with zero attached hydrogens (tertiary/aromatic N) is 2. The molecule has 2 atom stereocenters. The van der Waals surface area contributed by atoms with Gasteiger partial charge in [-0.1, -0.05) is 30.3 Å². The predicted molar refractivity (Wildman–Crippen MR) is 153 cm³/mol. The van der Waals surface area contributed by atoms with Gasteiger partial charge in [0.2, 0.25) is 5.91 Å². The van der Waals surface area contributed by atoms with Crippen molar-refractivity contribution in [2.24, 2.45) is 5.92 Å². The standard InChI is InChI=1S/C31H39FN4O4/c1-33-16-6-14-28(37)36-17-7-10-24(21-36)31(39,15-8-18-40-30(38)34-2)25-11-5-12-26(32)29(25)23-19-22-9-3-4-13-27(22)35-20-23/h3-5,9,11-13,19-20,24,33,39H,6-8,10,14-18,21H2,1-2H3,(H,34,38)/t24-,31+/m1/s1. The number of nitrogens with one attached hydrogen (secondary N) is 2. The Morgan fingerprint density at radius 3 is 2.80 bits per heavy atom. The van der Waals surface area contributed by atoms with E-state index in [9.17, 15) is 14.7 Å². The lowest BCUT2D eigenvalue weighted by atomic mass is 9.72. The van der Waals surface area contributed by atoms with Crippen LogP contribution in [-0.2, 0) is 15.1 Å². The van der Waals surface area contributed by atoms with Gasteiger partial charge in [-0.05, 0) is 69.5 Å². The van der Waals surface area contributed by atoms with Gasteiger partial charge in [0, 0.05) is 55.2 Å². The van der Waals surface area contributed by atoms with Crippen molar-refractivity contribution in [2.45, 2.75) is 44.1 Å². The molecule has 0 radical (unpaired) electrons. The molecule has 9 heteroatoms. The van der Waals surface area contributed by atoms with Gasteiger partial charge in [-0.3, -0.25) is 9.78 Å². The number of benzene rings is 2. The minimum absolute atomic E-state index is 0.0587. The molecule has 1 fully saturated rings. The number of likely N-dealkylation sites (tertiary alicyclic amines) is 1. The van der Waals surface area contributed by atoms with Crippen LogP contribution in [0, 0.1) is 11.7 Å². The van der Waals surface area contributed by atoms with Crippen molar-refractivity contribution in [3.8, 4) is 11.1 Å². The third-order valence-electron chi connectivity index (χ3n) is 7.77. The Hall–Kier alpha value is -3.56. The summed E-state index contributed by atoms with van der Waals surface area (Å²) in [5.74, 6) is -0.725.